The molecule has 21 heavy (non-hydrogen) atoms. The lowest BCUT2D eigenvalue weighted by Crippen LogP contribution is -2.69. The largest absolute Gasteiger partial charge is 0.416 e. The van der Waals surface area contributed by atoms with Gasteiger partial charge in [-0.05, 0) is 18.2 Å². The van der Waals surface area contributed by atoms with E-state index in [4.69, 9.17) is 16.3 Å². The maximum Gasteiger partial charge on any atom is 0.416 e. The van der Waals surface area contributed by atoms with E-state index >= 15 is 0 Å². The van der Waals surface area contributed by atoms with Crippen molar-refractivity contribution in [2.24, 2.45) is 0 Å². The van der Waals surface area contributed by atoms with Gasteiger partial charge in [0.05, 0.1) is 22.8 Å². The normalized spacial score (nSPS) is 21.9. The average Bonchev–Trinajstić information content (AvgIpc) is 2.23. The van der Waals surface area contributed by atoms with Crippen LogP contribution in [0, 0.1) is 0 Å². The first-order valence-electron chi connectivity index (χ1n) is 6.15. The van der Waals surface area contributed by atoms with Crippen molar-refractivity contribution in [2.75, 3.05) is 19.7 Å². The van der Waals surface area contributed by atoms with Crippen molar-refractivity contribution in [1.82, 2.24) is 4.31 Å². The second-order valence-corrected chi connectivity index (χ2v) is 7.51. The third kappa shape index (κ3) is 2.44. The number of hydrogen-bond acceptors (Lipinski definition) is 3. The maximum atomic E-state index is 12.7. The fourth-order valence-electron chi connectivity index (χ4n) is 2.42. The zero-order valence-corrected chi connectivity index (χ0v) is 12.2. The summed E-state index contributed by atoms with van der Waals surface area (Å²) in [6.45, 7) is 0.891. The van der Waals surface area contributed by atoms with E-state index in [9.17, 15) is 21.6 Å². The summed E-state index contributed by atoms with van der Waals surface area (Å²) in [5, 5.41) is -0.224. The number of benzene rings is 1. The van der Waals surface area contributed by atoms with Crippen molar-refractivity contribution in [3.05, 3.63) is 28.8 Å². The Morgan fingerprint density at radius 1 is 1.29 bits per heavy atom. The van der Waals surface area contributed by atoms with E-state index in [1.54, 1.807) is 0 Å². The molecule has 0 N–H and O–H groups in total. The van der Waals surface area contributed by atoms with Gasteiger partial charge in [0.2, 0.25) is 10.0 Å². The summed E-state index contributed by atoms with van der Waals surface area (Å²) in [5.41, 5.74) is -1.48. The van der Waals surface area contributed by atoms with Crippen LogP contribution < -0.4 is 0 Å². The van der Waals surface area contributed by atoms with Gasteiger partial charge in [0.25, 0.3) is 0 Å². The standard InChI is InChI=1S/C12H11ClF3NO3S/c13-9-2-1-8(12(14,15)16)5-10(9)21(18,19)17-6-11(7-17)3-4-20-11/h1-2,5H,3-4,6-7H2. The third-order valence-corrected chi connectivity index (χ3v) is 6.04. The minimum absolute atomic E-state index is 0.155. The van der Waals surface area contributed by atoms with E-state index in [0.29, 0.717) is 12.7 Å². The average molecular weight is 342 g/mol. The van der Waals surface area contributed by atoms with Crippen LogP contribution in [0.2, 0.25) is 5.02 Å². The number of halogens is 4. The van der Waals surface area contributed by atoms with Gasteiger partial charge in [-0.1, -0.05) is 11.6 Å². The van der Waals surface area contributed by atoms with Crippen LogP contribution >= 0.6 is 11.6 Å². The number of nitrogens with zero attached hydrogens (tertiary/aromatic N) is 1. The van der Waals surface area contributed by atoms with Gasteiger partial charge in [0.1, 0.15) is 4.90 Å². The molecule has 1 aromatic carbocycles. The molecule has 0 atom stereocenters. The first kappa shape index (κ1) is 15.1. The molecule has 9 heteroatoms. The Morgan fingerprint density at radius 3 is 2.38 bits per heavy atom. The van der Waals surface area contributed by atoms with Crippen molar-refractivity contribution in [1.29, 1.82) is 0 Å². The van der Waals surface area contributed by atoms with Gasteiger partial charge in [0, 0.05) is 19.5 Å². The Morgan fingerprint density at radius 2 is 1.90 bits per heavy atom. The third-order valence-electron chi connectivity index (χ3n) is 3.77. The Bertz CT molecular complexity index is 677. The van der Waals surface area contributed by atoms with Crippen molar-refractivity contribution >= 4 is 21.6 Å². The van der Waals surface area contributed by atoms with E-state index in [-0.39, 0.29) is 18.1 Å². The Balaban J connectivity index is 1.92. The zero-order chi connectivity index (χ0) is 15.5. The van der Waals surface area contributed by atoms with Gasteiger partial charge in [0.15, 0.2) is 0 Å². The number of sulfonamides is 1. The van der Waals surface area contributed by atoms with Crippen LogP contribution in [0.15, 0.2) is 23.1 Å². The van der Waals surface area contributed by atoms with Crippen LogP contribution in [0.5, 0.6) is 0 Å². The first-order chi connectivity index (χ1) is 9.64. The van der Waals surface area contributed by atoms with E-state index in [1.807, 2.05) is 0 Å². The molecule has 0 radical (unpaired) electrons. The number of alkyl halides is 3. The van der Waals surface area contributed by atoms with Gasteiger partial charge in [-0.25, -0.2) is 8.42 Å². The fourth-order valence-corrected chi connectivity index (χ4v) is 4.51. The van der Waals surface area contributed by atoms with Crippen molar-refractivity contribution in [2.45, 2.75) is 23.1 Å². The summed E-state index contributed by atoms with van der Waals surface area (Å²) in [7, 11) is -4.04. The van der Waals surface area contributed by atoms with E-state index in [1.165, 1.54) is 0 Å². The molecule has 0 amide bonds. The predicted molar refractivity (Wildman–Crippen MR) is 68.5 cm³/mol. The molecule has 1 spiro atoms. The summed E-state index contributed by atoms with van der Waals surface area (Å²) in [6, 6.07) is 2.28. The van der Waals surface area contributed by atoms with Crippen molar-refractivity contribution in [3.8, 4) is 0 Å². The van der Waals surface area contributed by atoms with Crippen LogP contribution in [0.25, 0.3) is 0 Å². The molecule has 116 valence electrons. The maximum absolute atomic E-state index is 12.7. The van der Waals surface area contributed by atoms with E-state index in [2.05, 4.69) is 0 Å². The first-order valence-corrected chi connectivity index (χ1v) is 7.97. The van der Waals surface area contributed by atoms with E-state index in [0.717, 1.165) is 22.9 Å². The lowest BCUT2D eigenvalue weighted by molar-refractivity contribution is -0.200. The minimum atomic E-state index is -4.62. The van der Waals surface area contributed by atoms with Crippen LogP contribution in [-0.4, -0.2) is 38.0 Å². The van der Waals surface area contributed by atoms with Crippen molar-refractivity contribution < 1.29 is 26.3 Å². The zero-order valence-electron chi connectivity index (χ0n) is 10.7. The predicted octanol–water partition coefficient (Wildman–Crippen LogP) is 2.52. The lowest BCUT2D eigenvalue weighted by Gasteiger charge is -2.54. The van der Waals surface area contributed by atoms with Crippen LogP contribution in [0.4, 0.5) is 13.2 Å². The highest BCUT2D eigenvalue weighted by Gasteiger charge is 2.53. The molecule has 0 aliphatic carbocycles. The molecule has 0 saturated carbocycles. The van der Waals surface area contributed by atoms with Crippen LogP contribution in [-0.2, 0) is 20.9 Å². The van der Waals surface area contributed by atoms with Gasteiger partial charge in [-0.2, -0.15) is 17.5 Å². The summed E-state index contributed by atoms with van der Waals surface area (Å²) >= 11 is 5.77. The summed E-state index contributed by atoms with van der Waals surface area (Å²) < 4.78 is 69.2. The highest BCUT2D eigenvalue weighted by Crippen LogP contribution is 2.41. The molecule has 2 aliphatic rings. The second-order valence-electron chi connectivity index (χ2n) is 5.20. The number of hydrogen-bond donors (Lipinski definition) is 0. The number of rotatable bonds is 2. The second kappa shape index (κ2) is 4.58. The molecular weight excluding hydrogens is 331 g/mol. The highest BCUT2D eigenvalue weighted by molar-refractivity contribution is 7.89. The topological polar surface area (TPSA) is 46.6 Å². The molecule has 3 rings (SSSR count). The summed E-state index contributed by atoms with van der Waals surface area (Å²) in [6.07, 6.45) is -3.86. The molecule has 1 aromatic rings. The quantitative estimate of drug-likeness (QED) is 0.830. The van der Waals surface area contributed by atoms with Crippen molar-refractivity contribution in [3.63, 3.8) is 0 Å². The highest BCUT2D eigenvalue weighted by atomic mass is 35.5. The molecule has 2 aliphatic heterocycles. The van der Waals surface area contributed by atoms with Gasteiger partial charge >= 0.3 is 6.18 Å². The Kier molecular flexibility index (Phi) is 3.29. The summed E-state index contributed by atoms with van der Waals surface area (Å²) in [5.74, 6) is 0. The lowest BCUT2D eigenvalue weighted by atomic mass is 9.89. The molecule has 2 heterocycles. The SMILES string of the molecule is O=S(=O)(c1cc(C(F)(F)F)ccc1Cl)N1CC2(CCO2)C1. The van der Waals surface area contributed by atoms with E-state index < -0.39 is 32.3 Å². The molecule has 0 bridgehead atoms. The molecule has 2 fully saturated rings. The van der Waals surface area contributed by atoms with Gasteiger partial charge in [-0.15, -0.1) is 0 Å². The van der Waals surface area contributed by atoms with Crippen LogP contribution in [0.1, 0.15) is 12.0 Å². The molecular formula is C12H11ClF3NO3S. The van der Waals surface area contributed by atoms with Gasteiger partial charge in [-0.3, -0.25) is 0 Å². The summed E-state index contributed by atoms with van der Waals surface area (Å²) in [4.78, 5) is -0.520. The molecule has 2 saturated heterocycles. The molecule has 0 aromatic heterocycles. The molecule has 4 nitrogen and oxygen atoms in total. The fraction of sp³-hybridized carbons (Fsp3) is 0.500. The monoisotopic (exact) mass is 341 g/mol. The smallest absolute Gasteiger partial charge is 0.372 e. The van der Waals surface area contributed by atoms with Crippen LogP contribution in [0.3, 0.4) is 0 Å². The Hall–Kier alpha value is -0.830. The number of ether oxygens (including phenoxy) is 1. The minimum Gasteiger partial charge on any atom is -0.372 e. The Labute approximate surface area is 124 Å². The van der Waals surface area contributed by atoms with Gasteiger partial charge < -0.3 is 4.74 Å². The molecule has 0 unspecified atom stereocenters.